The second-order valence-corrected chi connectivity index (χ2v) is 6.68. The van der Waals surface area contributed by atoms with Gasteiger partial charge in [-0.2, -0.15) is 0 Å². The molecule has 1 nitrogen and oxygen atoms in total. The van der Waals surface area contributed by atoms with Gasteiger partial charge in [-0.25, -0.2) is 0 Å². The Morgan fingerprint density at radius 3 is 2.62 bits per heavy atom. The Hall–Kier alpha value is -0.500. The summed E-state index contributed by atoms with van der Waals surface area (Å²) in [5.41, 5.74) is 3.06. The third-order valence-electron chi connectivity index (χ3n) is 3.38. The van der Waals surface area contributed by atoms with Crippen LogP contribution in [0.15, 0.2) is 22.7 Å². The van der Waals surface area contributed by atoms with Crippen molar-refractivity contribution in [3.63, 3.8) is 0 Å². The van der Waals surface area contributed by atoms with Crippen LogP contribution in [-0.4, -0.2) is 6.04 Å². The van der Waals surface area contributed by atoms with Gasteiger partial charge >= 0.3 is 0 Å². The van der Waals surface area contributed by atoms with Gasteiger partial charge in [-0.05, 0) is 55.4 Å². The van der Waals surface area contributed by atoms with Crippen LogP contribution in [0.4, 0.5) is 5.69 Å². The molecule has 0 spiro atoms. The van der Waals surface area contributed by atoms with Gasteiger partial charge in [0.1, 0.15) is 0 Å². The monoisotopic (exact) mass is 281 g/mol. The van der Waals surface area contributed by atoms with Gasteiger partial charge in [0.15, 0.2) is 0 Å². The fourth-order valence-electron chi connectivity index (χ4n) is 2.61. The molecule has 2 heteroatoms. The van der Waals surface area contributed by atoms with Gasteiger partial charge in [-0.15, -0.1) is 0 Å². The normalized spacial score (nSPS) is 23.4. The minimum Gasteiger partial charge on any atom is -0.382 e. The summed E-state index contributed by atoms with van der Waals surface area (Å²) >= 11 is 3.54. The molecule has 1 atom stereocenters. The molecule has 2 rings (SSSR count). The number of halogens is 1. The van der Waals surface area contributed by atoms with Crippen molar-refractivity contribution >= 4 is 21.6 Å². The van der Waals surface area contributed by atoms with Gasteiger partial charge in [0, 0.05) is 16.2 Å². The maximum Gasteiger partial charge on any atom is 0.0356 e. The van der Waals surface area contributed by atoms with Crippen LogP contribution in [0, 0.1) is 12.3 Å². The van der Waals surface area contributed by atoms with Crippen molar-refractivity contribution in [2.75, 3.05) is 5.32 Å². The summed E-state index contributed by atoms with van der Waals surface area (Å²) in [6, 6.07) is 7.17. The second-order valence-electron chi connectivity index (χ2n) is 5.77. The second kappa shape index (κ2) is 4.40. The number of rotatable bonds is 2. The first-order chi connectivity index (χ1) is 7.44. The van der Waals surface area contributed by atoms with Crippen LogP contribution in [0.25, 0.3) is 0 Å². The molecule has 1 aromatic rings. The Labute approximate surface area is 107 Å². The van der Waals surface area contributed by atoms with E-state index in [2.05, 4.69) is 60.2 Å². The van der Waals surface area contributed by atoms with Gasteiger partial charge in [0.05, 0.1) is 0 Å². The average Bonchev–Trinajstić information content (AvgIpc) is 2.43. The molecule has 1 aliphatic carbocycles. The summed E-state index contributed by atoms with van der Waals surface area (Å²) in [4.78, 5) is 0. The van der Waals surface area contributed by atoms with Gasteiger partial charge in [-0.1, -0.05) is 29.8 Å². The summed E-state index contributed by atoms with van der Waals surface area (Å²) in [7, 11) is 0. The molecule has 1 N–H and O–H groups in total. The van der Waals surface area contributed by atoms with Crippen LogP contribution >= 0.6 is 15.9 Å². The maximum absolute atomic E-state index is 3.65. The van der Waals surface area contributed by atoms with E-state index < -0.39 is 0 Å². The molecular weight excluding hydrogens is 262 g/mol. The Kier molecular flexibility index (Phi) is 3.29. The van der Waals surface area contributed by atoms with E-state index in [1.54, 1.807) is 0 Å². The van der Waals surface area contributed by atoms with Crippen molar-refractivity contribution in [1.29, 1.82) is 0 Å². The highest BCUT2D eigenvalue weighted by Gasteiger charge is 2.30. The number of anilines is 1. The first-order valence-corrected chi connectivity index (χ1v) is 6.78. The third kappa shape index (κ3) is 3.00. The van der Waals surface area contributed by atoms with E-state index in [1.165, 1.54) is 30.5 Å². The van der Waals surface area contributed by atoms with E-state index in [-0.39, 0.29) is 0 Å². The van der Waals surface area contributed by atoms with Crippen molar-refractivity contribution in [1.82, 2.24) is 0 Å². The number of nitrogens with one attached hydrogen (secondary N) is 1. The largest absolute Gasteiger partial charge is 0.382 e. The van der Waals surface area contributed by atoms with Crippen molar-refractivity contribution in [2.24, 2.45) is 5.41 Å². The molecule has 16 heavy (non-hydrogen) atoms. The minimum absolute atomic E-state index is 0.513. The first-order valence-electron chi connectivity index (χ1n) is 5.98. The van der Waals surface area contributed by atoms with E-state index in [0.29, 0.717) is 11.5 Å². The summed E-state index contributed by atoms with van der Waals surface area (Å²) in [5, 5.41) is 3.65. The molecule has 0 bridgehead atoms. The minimum atomic E-state index is 0.513. The van der Waals surface area contributed by atoms with Gasteiger partial charge in [0.2, 0.25) is 0 Å². The van der Waals surface area contributed by atoms with Crippen LogP contribution in [-0.2, 0) is 0 Å². The molecule has 1 unspecified atom stereocenters. The van der Waals surface area contributed by atoms with Crippen LogP contribution < -0.4 is 5.32 Å². The van der Waals surface area contributed by atoms with E-state index in [9.17, 15) is 0 Å². The molecule has 0 saturated heterocycles. The fraction of sp³-hybridized carbons (Fsp3) is 0.571. The lowest BCUT2D eigenvalue weighted by Crippen LogP contribution is -2.17. The van der Waals surface area contributed by atoms with E-state index >= 15 is 0 Å². The lowest BCUT2D eigenvalue weighted by Gasteiger charge is -2.19. The Bertz CT molecular complexity index is 364. The first kappa shape index (κ1) is 12.0. The van der Waals surface area contributed by atoms with Crippen molar-refractivity contribution in [2.45, 2.75) is 46.1 Å². The lowest BCUT2D eigenvalue weighted by atomic mass is 9.92. The summed E-state index contributed by atoms with van der Waals surface area (Å²) in [6.07, 6.45) is 3.90. The third-order valence-corrected chi connectivity index (χ3v) is 3.84. The number of hydrogen-bond donors (Lipinski definition) is 1. The van der Waals surface area contributed by atoms with Gasteiger partial charge in [0.25, 0.3) is 0 Å². The van der Waals surface area contributed by atoms with E-state index in [0.717, 1.165) is 4.47 Å². The predicted octanol–water partition coefficient (Wildman–Crippen LogP) is 4.75. The van der Waals surface area contributed by atoms with Gasteiger partial charge in [-0.3, -0.25) is 0 Å². The lowest BCUT2D eigenvalue weighted by molar-refractivity contribution is 0.378. The number of aryl methyl sites for hydroxylation is 1. The van der Waals surface area contributed by atoms with Crippen LogP contribution in [0.3, 0.4) is 0 Å². The molecule has 0 aliphatic heterocycles. The smallest absolute Gasteiger partial charge is 0.0356 e. The molecule has 0 amide bonds. The zero-order valence-electron chi connectivity index (χ0n) is 10.3. The highest BCUT2D eigenvalue weighted by molar-refractivity contribution is 9.10. The van der Waals surface area contributed by atoms with Crippen molar-refractivity contribution in [3.8, 4) is 0 Å². The van der Waals surface area contributed by atoms with Crippen molar-refractivity contribution < 1.29 is 0 Å². The SMILES string of the molecule is Cc1cc(Br)cc(NC2CCC(C)(C)C2)c1. The highest BCUT2D eigenvalue weighted by atomic mass is 79.9. The number of hydrogen-bond acceptors (Lipinski definition) is 1. The molecule has 1 saturated carbocycles. The zero-order valence-corrected chi connectivity index (χ0v) is 11.9. The zero-order chi connectivity index (χ0) is 11.8. The quantitative estimate of drug-likeness (QED) is 0.825. The molecule has 0 radical (unpaired) electrons. The number of benzene rings is 1. The fourth-order valence-corrected chi connectivity index (χ4v) is 3.22. The summed E-state index contributed by atoms with van der Waals surface area (Å²) in [6.45, 7) is 6.86. The van der Waals surface area contributed by atoms with Gasteiger partial charge < -0.3 is 5.32 Å². The summed E-state index contributed by atoms with van der Waals surface area (Å²) < 4.78 is 1.16. The van der Waals surface area contributed by atoms with E-state index in [4.69, 9.17) is 0 Å². The van der Waals surface area contributed by atoms with Crippen LogP contribution in [0.5, 0.6) is 0 Å². The van der Waals surface area contributed by atoms with E-state index in [1.807, 2.05) is 0 Å². The molecule has 0 aromatic heterocycles. The Balaban J connectivity index is 2.05. The summed E-state index contributed by atoms with van der Waals surface area (Å²) in [5.74, 6) is 0. The predicted molar refractivity (Wildman–Crippen MR) is 73.9 cm³/mol. The molecule has 0 heterocycles. The van der Waals surface area contributed by atoms with Crippen molar-refractivity contribution in [3.05, 3.63) is 28.2 Å². The highest BCUT2D eigenvalue weighted by Crippen LogP contribution is 2.38. The average molecular weight is 282 g/mol. The van der Waals surface area contributed by atoms with Crippen LogP contribution in [0.1, 0.15) is 38.7 Å². The van der Waals surface area contributed by atoms with Crippen LogP contribution in [0.2, 0.25) is 0 Å². The molecule has 88 valence electrons. The standard InChI is InChI=1S/C14H20BrN/c1-10-6-11(15)8-13(7-10)16-12-4-5-14(2,3)9-12/h6-8,12,16H,4-5,9H2,1-3H3. The molecule has 1 aromatic carbocycles. The molecule has 1 fully saturated rings. The molecule has 1 aliphatic rings. The Morgan fingerprint density at radius 1 is 1.31 bits per heavy atom. The Morgan fingerprint density at radius 2 is 2.06 bits per heavy atom. The molecular formula is C14H20BrN. The maximum atomic E-state index is 3.65. The topological polar surface area (TPSA) is 12.0 Å².